The Morgan fingerprint density at radius 1 is 1.41 bits per heavy atom. The van der Waals surface area contributed by atoms with Crippen molar-refractivity contribution >= 4 is 47.0 Å². The van der Waals surface area contributed by atoms with Crippen molar-refractivity contribution in [2.75, 3.05) is 18.9 Å². The van der Waals surface area contributed by atoms with Crippen LogP contribution in [-0.2, 0) is 4.74 Å². The summed E-state index contributed by atoms with van der Waals surface area (Å²) in [5.41, 5.74) is 5.14. The van der Waals surface area contributed by atoms with Gasteiger partial charge in [0.15, 0.2) is 5.17 Å². The lowest BCUT2D eigenvalue weighted by Gasteiger charge is -2.06. The highest BCUT2D eigenvalue weighted by Gasteiger charge is 2.00. The lowest BCUT2D eigenvalue weighted by Crippen LogP contribution is -2.27. The van der Waals surface area contributed by atoms with Crippen molar-refractivity contribution in [1.29, 1.82) is 5.41 Å². The maximum atomic E-state index is 11.1. The Morgan fingerprint density at radius 2 is 2.12 bits per heavy atom. The molecule has 0 aromatic heterocycles. The summed E-state index contributed by atoms with van der Waals surface area (Å²) in [7, 11) is 0. The molecule has 17 heavy (non-hydrogen) atoms. The molecule has 0 spiro atoms. The number of amides is 1. The maximum Gasteiger partial charge on any atom is 0.407 e. The summed E-state index contributed by atoms with van der Waals surface area (Å²) < 4.78 is 4.95. The van der Waals surface area contributed by atoms with E-state index in [-0.39, 0.29) is 35.2 Å². The van der Waals surface area contributed by atoms with E-state index in [0.29, 0.717) is 18.9 Å². The first kappa shape index (κ1) is 19.2. The minimum atomic E-state index is -0.388. The van der Waals surface area contributed by atoms with Gasteiger partial charge in [-0.25, -0.2) is 4.79 Å². The van der Waals surface area contributed by atoms with Crippen molar-refractivity contribution in [1.82, 2.24) is 5.32 Å². The Balaban J connectivity index is 0. The Labute approximate surface area is 124 Å². The Morgan fingerprint density at radius 3 is 2.71 bits per heavy atom. The number of nitrogens with two attached hydrogens (primary N) is 1. The molecule has 5 nitrogen and oxygen atoms in total. The number of amidine groups is 1. The van der Waals surface area contributed by atoms with Gasteiger partial charge in [0.2, 0.25) is 0 Å². The van der Waals surface area contributed by atoms with Crippen LogP contribution in [0.4, 0.5) is 4.79 Å². The standard InChI is InChI=1S/C10H21N3O2S.HI/c1-2-3-4-5-7-15-10(14)13-6-8-16-9(11)12;/h2-8H2,1H3,(H3,11,12)(H,13,14);1H. The highest BCUT2D eigenvalue weighted by atomic mass is 127. The number of nitrogens with one attached hydrogen (secondary N) is 2. The van der Waals surface area contributed by atoms with E-state index >= 15 is 0 Å². The lowest BCUT2D eigenvalue weighted by molar-refractivity contribution is 0.144. The fourth-order valence-corrected chi connectivity index (χ4v) is 1.48. The number of alkyl carbamates (subject to hydrolysis) is 1. The second-order valence-electron chi connectivity index (χ2n) is 3.34. The first-order chi connectivity index (χ1) is 7.66. The van der Waals surface area contributed by atoms with Crippen LogP contribution in [0.25, 0.3) is 0 Å². The molecule has 0 rings (SSSR count). The third kappa shape index (κ3) is 15.8. The van der Waals surface area contributed by atoms with Gasteiger partial charge in [0.1, 0.15) is 0 Å². The minimum absolute atomic E-state index is 0. The minimum Gasteiger partial charge on any atom is -0.450 e. The van der Waals surface area contributed by atoms with Gasteiger partial charge >= 0.3 is 6.09 Å². The number of hydrogen-bond donors (Lipinski definition) is 3. The van der Waals surface area contributed by atoms with Crippen LogP contribution in [-0.4, -0.2) is 30.2 Å². The summed E-state index contributed by atoms with van der Waals surface area (Å²) in [5, 5.41) is 9.61. The summed E-state index contributed by atoms with van der Waals surface area (Å²) >= 11 is 1.20. The van der Waals surface area contributed by atoms with Gasteiger partial charge < -0.3 is 15.8 Å². The van der Waals surface area contributed by atoms with Gasteiger partial charge in [-0.15, -0.1) is 24.0 Å². The Hall–Kier alpha value is -0.180. The topological polar surface area (TPSA) is 88.2 Å². The van der Waals surface area contributed by atoms with Crippen LogP contribution >= 0.6 is 35.7 Å². The molecule has 0 heterocycles. The second-order valence-corrected chi connectivity index (χ2v) is 4.47. The van der Waals surface area contributed by atoms with Crippen LogP contribution in [0.2, 0.25) is 0 Å². The zero-order chi connectivity index (χ0) is 12.2. The number of carbonyl (C=O) groups excluding carboxylic acids is 1. The Bertz CT molecular complexity index is 218. The molecule has 7 heteroatoms. The highest BCUT2D eigenvalue weighted by molar-refractivity contribution is 14.0. The molecule has 1 amide bonds. The van der Waals surface area contributed by atoms with Gasteiger partial charge in [-0.1, -0.05) is 37.9 Å². The van der Waals surface area contributed by atoms with Crippen LogP contribution in [0.5, 0.6) is 0 Å². The average molecular weight is 375 g/mol. The molecule has 4 N–H and O–H groups in total. The van der Waals surface area contributed by atoms with E-state index < -0.39 is 0 Å². The number of halogens is 1. The first-order valence-corrected chi connectivity index (χ1v) is 6.52. The monoisotopic (exact) mass is 375 g/mol. The molecule has 0 saturated carbocycles. The summed E-state index contributed by atoms with van der Waals surface area (Å²) in [6.45, 7) is 3.09. The SMILES string of the molecule is CCCCCCOC(=O)NCCSC(=N)N.I. The molecule has 102 valence electrons. The summed E-state index contributed by atoms with van der Waals surface area (Å²) in [6.07, 6.45) is 3.99. The van der Waals surface area contributed by atoms with Crippen molar-refractivity contribution in [2.24, 2.45) is 5.73 Å². The van der Waals surface area contributed by atoms with E-state index in [1.165, 1.54) is 24.6 Å². The Kier molecular flexibility index (Phi) is 15.7. The summed E-state index contributed by atoms with van der Waals surface area (Å²) in [5.74, 6) is 0.597. The zero-order valence-electron chi connectivity index (χ0n) is 10.2. The fraction of sp³-hybridized carbons (Fsp3) is 0.800. The van der Waals surface area contributed by atoms with Crippen LogP contribution in [0, 0.1) is 5.41 Å². The van der Waals surface area contributed by atoms with Crippen LogP contribution in [0.1, 0.15) is 32.6 Å². The van der Waals surface area contributed by atoms with Gasteiger partial charge in [-0.05, 0) is 6.42 Å². The number of hydrogen-bond acceptors (Lipinski definition) is 4. The molecule has 0 atom stereocenters. The van der Waals surface area contributed by atoms with Gasteiger partial charge in [0, 0.05) is 12.3 Å². The van der Waals surface area contributed by atoms with Crippen molar-refractivity contribution in [3.63, 3.8) is 0 Å². The molecule has 0 aliphatic rings. The number of rotatable bonds is 8. The normalized spacial score (nSPS) is 9.24. The van der Waals surface area contributed by atoms with Crippen molar-refractivity contribution in [3.8, 4) is 0 Å². The van der Waals surface area contributed by atoms with Gasteiger partial charge in [0.25, 0.3) is 0 Å². The summed E-state index contributed by atoms with van der Waals surface area (Å²) in [4.78, 5) is 11.1. The number of carbonyl (C=O) groups is 1. The molecule has 0 aromatic carbocycles. The molecule has 0 radical (unpaired) electrons. The lowest BCUT2D eigenvalue weighted by atomic mass is 10.2. The molecule has 0 aromatic rings. The van der Waals surface area contributed by atoms with Crippen molar-refractivity contribution in [2.45, 2.75) is 32.6 Å². The molecule has 0 unspecified atom stereocenters. The van der Waals surface area contributed by atoms with E-state index in [4.69, 9.17) is 15.9 Å². The van der Waals surface area contributed by atoms with Gasteiger partial charge in [0.05, 0.1) is 6.61 Å². The van der Waals surface area contributed by atoms with E-state index in [0.717, 1.165) is 12.8 Å². The third-order valence-corrected chi connectivity index (χ3v) is 2.58. The summed E-state index contributed by atoms with van der Waals surface area (Å²) in [6, 6.07) is 0. The number of thioether (sulfide) groups is 1. The highest BCUT2D eigenvalue weighted by Crippen LogP contribution is 1.99. The quantitative estimate of drug-likeness (QED) is 0.263. The molecule has 0 bridgehead atoms. The predicted octanol–water partition coefficient (Wildman–Crippen LogP) is 2.54. The van der Waals surface area contributed by atoms with E-state index in [9.17, 15) is 4.79 Å². The molecular formula is C10H22IN3O2S. The number of unbranched alkanes of at least 4 members (excludes halogenated alkanes) is 3. The fourth-order valence-electron chi connectivity index (χ4n) is 1.06. The van der Waals surface area contributed by atoms with Gasteiger partial charge in [-0.2, -0.15) is 0 Å². The molecule has 0 saturated heterocycles. The molecular weight excluding hydrogens is 353 g/mol. The molecule has 0 aliphatic heterocycles. The van der Waals surface area contributed by atoms with Crippen molar-refractivity contribution < 1.29 is 9.53 Å². The zero-order valence-corrected chi connectivity index (χ0v) is 13.3. The predicted molar refractivity (Wildman–Crippen MR) is 83.3 cm³/mol. The largest absolute Gasteiger partial charge is 0.450 e. The van der Waals surface area contributed by atoms with Crippen LogP contribution in [0.3, 0.4) is 0 Å². The van der Waals surface area contributed by atoms with Gasteiger partial charge in [-0.3, -0.25) is 5.41 Å². The molecule has 0 fully saturated rings. The smallest absolute Gasteiger partial charge is 0.407 e. The third-order valence-electron chi connectivity index (χ3n) is 1.86. The van der Waals surface area contributed by atoms with E-state index in [2.05, 4.69) is 12.2 Å². The van der Waals surface area contributed by atoms with Crippen LogP contribution < -0.4 is 11.1 Å². The molecule has 0 aliphatic carbocycles. The van der Waals surface area contributed by atoms with E-state index in [1.807, 2.05) is 0 Å². The average Bonchev–Trinajstić information content (AvgIpc) is 2.24. The number of ether oxygens (including phenoxy) is 1. The van der Waals surface area contributed by atoms with Crippen molar-refractivity contribution in [3.05, 3.63) is 0 Å². The maximum absolute atomic E-state index is 11.1. The first-order valence-electron chi connectivity index (χ1n) is 5.54. The second kappa shape index (κ2) is 13.9. The van der Waals surface area contributed by atoms with E-state index in [1.54, 1.807) is 0 Å². The van der Waals surface area contributed by atoms with Crippen LogP contribution in [0.15, 0.2) is 0 Å².